The van der Waals surface area contributed by atoms with E-state index in [-0.39, 0.29) is 12.5 Å². The molecule has 0 aliphatic heterocycles. The Morgan fingerprint density at radius 3 is 2.45 bits per heavy atom. The first-order valence-electron chi connectivity index (χ1n) is 7.21. The fourth-order valence-electron chi connectivity index (χ4n) is 2.20. The van der Waals surface area contributed by atoms with Gasteiger partial charge in [-0.2, -0.15) is 0 Å². The van der Waals surface area contributed by atoms with Crippen LogP contribution in [0, 0.1) is 5.92 Å². The van der Waals surface area contributed by atoms with E-state index in [0.29, 0.717) is 18.1 Å². The van der Waals surface area contributed by atoms with Crippen LogP contribution in [-0.4, -0.2) is 29.8 Å². The summed E-state index contributed by atoms with van der Waals surface area (Å²) in [6.45, 7) is 4.86. The van der Waals surface area contributed by atoms with Crippen LogP contribution in [0.5, 0.6) is 5.75 Å². The Balaban J connectivity index is 1.93. The van der Waals surface area contributed by atoms with Crippen molar-refractivity contribution in [3.05, 3.63) is 29.8 Å². The number of carbonyl (C=O) groups excluding carboxylic acids is 1. The van der Waals surface area contributed by atoms with E-state index in [1.54, 1.807) is 12.1 Å². The molecule has 0 unspecified atom stereocenters. The maximum atomic E-state index is 12.1. The summed E-state index contributed by atoms with van der Waals surface area (Å²) in [6, 6.07) is 7.14. The molecule has 1 fully saturated rings. The van der Waals surface area contributed by atoms with Gasteiger partial charge in [0.05, 0.1) is 18.8 Å². The van der Waals surface area contributed by atoms with Crippen LogP contribution in [0.4, 0.5) is 0 Å². The normalized spacial score (nSPS) is 16.6. The number of aliphatic hydroxyl groups is 1. The zero-order valence-electron chi connectivity index (χ0n) is 12.2. The Bertz CT molecular complexity index is 444. The minimum Gasteiger partial charge on any atom is -0.493 e. The van der Waals surface area contributed by atoms with Crippen LogP contribution in [0.25, 0.3) is 0 Å². The first kappa shape index (κ1) is 14.9. The molecule has 0 bridgehead atoms. The fraction of sp³-hybridized carbons (Fsp3) is 0.562. The van der Waals surface area contributed by atoms with Crippen molar-refractivity contribution in [2.45, 2.75) is 38.6 Å². The molecule has 0 saturated heterocycles. The zero-order valence-corrected chi connectivity index (χ0v) is 12.2. The van der Waals surface area contributed by atoms with Gasteiger partial charge in [-0.25, -0.2) is 0 Å². The molecule has 0 atom stereocenters. The van der Waals surface area contributed by atoms with Crippen LogP contribution in [0.3, 0.4) is 0 Å². The van der Waals surface area contributed by atoms with Gasteiger partial charge in [-0.3, -0.25) is 4.79 Å². The molecule has 2 N–H and O–H groups in total. The van der Waals surface area contributed by atoms with E-state index in [4.69, 9.17) is 4.74 Å². The molecule has 1 aromatic rings. The lowest BCUT2D eigenvalue weighted by molar-refractivity contribution is 0.0641. The molecule has 4 nitrogen and oxygen atoms in total. The highest BCUT2D eigenvalue weighted by Gasteiger charge is 2.37. The number of hydrogen-bond donors (Lipinski definition) is 2. The highest BCUT2D eigenvalue weighted by Crippen LogP contribution is 2.31. The van der Waals surface area contributed by atoms with E-state index >= 15 is 0 Å². The minimum absolute atomic E-state index is 0.00826. The maximum absolute atomic E-state index is 12.1. The van der Waals surface area contributed by atoms with Gasteiger partial charge >= 0.3 is 0 Å². The lowest BCUT2D eigenvalue weighted by atomic mass is 9.77. The summed E-state index contributed by atoms with van der Waals surface area (Å²) in [5, 5.41) is 12.3. The molecular weight excluding hydrogens is 254 g/mol. The second-order valence-electron chi connectivity index (χ2n) is 5.98. The van der Waals surface area contributed by atoms with Crippen LogP contribution in [-0.2, 0) is 0 Å². The van der Waals surface area contributed by atoms with Crippen molar-refractivity contribution in [2.24, 2.45) is 5.92 Å². The third-order valence-corrected chi connectivity index (χ3v) is 3.69. The molecule has 1 aliphatic rings. The number of amides is 1. The highest BCUT2D eigenvalue weighted by molar-refractivity contribution is 5.94. The number of hydrogen-bond acceptors (Lipinski definition) is 3. The van der Waals surface area contributed by atoms with Gasteiger partial charge in [0.2, 0.25) is 0 Å². The summed E-state index contributed by atoms with van der Waals surface area (Å²) in [5.74, 6) is 1.12. The summed E-state index contributed by atoms with van der Waals surface area (Å²) in [6.07, 6.45) is 2.76. The summed E-state index contributed by atoms with van der Waals surface area (Å²) in [4.78, 5) is 12.1. The van der Waals surface area contributed by atoms with Crippen molar-refractivity contribution in [3.8, 4) is 5.75 Å². The van der Waals surface area contributed by atoms with Gasteiger partial charge in [0, 0.05) is 5.56 Å². The van der Waals surface area contributed by atoms with Crippen molar-refractivity contribution >= 4 is 5.91 Å². The van der Waals surface area contributed by atoms with E-state index in [1.807, 2.05) is 12.1 Å². The Morgan fingerprint density at radius 2 is 2.00 bits per heavy atom. The Morgan fingerprint density at radius 1 is 1.35 bits per heavy atom. The van der Waals surface area contributed by atoms with Crippen LogP contribution in [0.15, 0.2) is 24.3 Å². The van der Waals surface area contributed by atoms with E-state index in [9.17, 15) is 9.90 Å². The van der Waals surface area contributed by atoms with Crippen molar-refractivity contribution in [2.75, 3.05) is 13.2 Å². The van der Waals surface area contributed by atoms with E-state index < -0.39 is 5.54 Å². The van der Waals surface area contributed by atoms with E-state index in [2.05, 4.69) is 19.2 Å². The summed E-state index contributed by atoms with van der Waals surface area (Å²) >= 11 is 0. The molecule has 20 heavy (non-hydrogen) atoms. The Hall–Kier alpha value is -1.55. The number of aliphatic hydroxyl groups excluding tert-OH is 1. The molecule has 0 spiro atoms. The fourth-order valence-corrected chi connectivity index (χ4v) is 2.20. The second-order valence-corrected chi connectivity index (χ2v) is 5.98. The number of nitrogens with one attached hydrogen (secondary N) is 1. The van der Waals surface area contributed by atoms with Crippen molar-refractivity contribution < 1.29 is 14.6 Å². The number of rotatable bonds is 6. The van der Waals surface area contributed by atoms with Crippen LogP contribution in [0.2, 0.25) is 0 Å². The zero-order chi connectivity index (χ0) is 14.6. The van der Waals surface area contributed by atoms with Crippen molar-refractivity contribution in [1.82, 2.24) is 5.32 Å². The molecule has 1 amide bonds. The van der Waals surface area contributed by atoms with E-state index in [0.717, 1.165) is 25.0 Å². The number of ether oxygens (including phenoxy) is 1. The van der Waals surface area contributed by atoms with E-state index in [1.165, 1.54) is 0 Å². The smallest absolute Gasteiger partial charge is 0.251 e. The monoisotopic (exact) mass is 277 g/mol. The molecule has 0 heterocycles. The predicted octanol–water partition coefficient (Wildman–Crippen LogP) is 2.37. The standard InChI is InChI=1S/C16H23NO3/c1-12(2)10-20-14-6-4-13(5-7-14)15(19)17-16(11-18)8-3-9-16/h4-7,12,18H,3,8-11H2,1-2H3,(H,17,19). The molecule has 110 valence electrons. The summed E-state index contributed by atoms with van der Waals surface area (Å²) in [5.41, 5.74) is 0.200. The van der Waals surface area contributed by atoms with Gasteiger partial charge in [0.25, 0.3) is 5.91 Å². The van der Waals surface area contributed by atoms with Gasteiger partial charge in [0.1, 0.15) is 5.75 Å². The average molecular weight is 277 g/mol. The van der Waals surface area contributed by atoms with Crippen molar-refractivity contribution in [1.29, 1.82) is 0 Å². The number of carbonyl (C=O) groups is 1. The molecule has 1 saturated carbocycles. The van der Waals surface area contributed by atoms with Crippen molar-refractivity contribution in [3.63, 3.8) is 0 Å². The largest absolute Gasteiger partial charge is 0.493 e. The molecule has 2 rings (SSSR count). The Labute approximate surface area is 120 Å². The van der Waals surface area contributed by atoms with Gasteiger partial charge < -0.3 is 15.2 Å². The average Bonchev–Trinajstić information content (AvgIpc) is 2.41. The van der Waals surface area contributed by atoms with Gasteiger partial charge in [0.15, 0.2) is 0 Å². The van der Waals surface area contributed by atoms with Gasteiger partial charge in [-0.05, 0) is 49.4 Å². The van der Waals surface area contributed by atoms with Crippen LogP contribution < -0.4 is 10.1 Å². The molecule has 1 aromatic carbocycles. The van der Waals surface area contributed by atoms with Crippen LogP contribution >= 0.6 is 0 Å². The molecule has 0 aromatic heterocycles. The SMILES string of the molecule is CC(C)COc1ccc(C(=O)NC2(CO)CCC2)cc1. The summed E-state index contributed by atoms with van der Waals surface area (Å²) in [7, 11) is 0. The lowest BCUT2D eigenvalue weighted by Gasteiger charge is -2.40. The maximum Gasteiger partial charge on any atom is 0.251 e. The third kappa shape index (κ3) is 3.51. The van der Waals surface area contributed by atoms with Gasteiger partial charge in [-0.15, -0.1) is 0 Å². The summed E-state index contributed by atoms with van der Waals surface area (Å²) < 4.78 is 5.58. The number of benzene rings is 1. The highest BCUT2D eigenvalue weighted by atomic mass is 16.5. The third-order valence-electron chi connectivity index (χ3n) is 3.69. The van der Waals surface area contributed by atoms with Gasteiger partial charge in [-0.1, -0.05) is 13.8 Å². The Kier molecular flexibility index (Phi) is 4.65. The quantitative estimate of drug-likeness (QED) is 0.839. The second kappa shape index (κ2) is 6.27. The molecular formula is C16H23NO3. The molecule has 1 aliphatic carbocycles. The topological polar surface area (TPSA) is 58.6 Å². The predicted molar refractivity (Wildman–Crippen MR) is 77.9 cm³/mol. The molecule has 0 radical (unpaired) electrons. The first-order chi connectivity index (χ1) is 9.54. The minimum atomic E-state index is -0.399. The molecule has 4 heteroatoms. The lowest BCUT2D eigenvalue weighted by Crippen LogP contribution is -2.56. The first-order valence-corrected chi connectivity index (χ1v) is 7.21. The van der Waals surface area contributed by atoms with Crippen LogP contribution in [0.1, 0.15) is 43.5 Å².